The topological polar surface area (TPSA) is 42.7 Å². The second-order valence-corrected chi connectivity index (χ2v) is 5.52. The molecule has 0 radical (unpaired) electrons. The van der Waals surface area contributed by atoms with Gasteiger partial charge in [-0.2, -0.15) is 5.10 Å². The second kappa shape index (κ2) is 5.24. The third-order valence-electron chi connectivity index (χ3n) is 2.75. The van der Waals surface area contributed by atoms with Gasteiger partial charge in [0.15, 0.2) is 0 Å². The van der Waals surface area contributed by atoms with Gasteiger partial charge in [-0.05, 0) is 31.2 Å². The summed E-state index contributed by atoms with van der Waals surface area (Å²) in [5.74, 6) is 0. The van der Waals surface area contributed by atoms with E-state index in [1.807, 2.05) is 42.2 Å². The Morgan fingerprint density at radius 1 is 1.32 bits per heavy atom. The monoisotopic (exact) mass is 270 g/mol. The van der Waals surface area contributed by atoms with Crippen LogP contribution in [0.2, 0.25) is 0 Å². The third kappa shape index (κ3) is 2.82. The molecule has 0 saturated heterocycles. The number of thiazole rings is 1. The van der Waals surface area contributed by atoms with Crippen LogP contribution in [0.15, 0.2) is 48.9 Å². The summed E-state index contributed by atoms with van der Waals surface area (Å²) in [4.78, 5) is 5.49. The quantitative estimate of drug-likeness (QED) is 0.791. The first-order valence-corrected chi connectivity index (χ1v) is 6.88. The van der Waals surface area contributed by atoms with Gasteiger partial charge in [0, 0.05) is 29.2 Å². The van der Waals surface area contributed by atoms with E-state index < -0.39 is 0 Å². The van der Waals surface area contributed by atoms with E-state index >= 15 is 0 Å². The molecule has 2 heterocycles. The van der Waals surface area contributed by atoms with Crippen LogP contribution in [0.3, 0.4) is 0 Å². The van der Waals surface area contributed by atoms with Gasteiger partial charge in [0.05, 0.1) is 17.2 Å². The number of rotatable bonds is 4. The van der Waals surface area contributed by atoms with Crippen LogP contribution in [0.4, 0.5) is 5.69 Å². The van der Waals surface area contributed by atoms with Crippen LogP contribution >= 0.6 is 11.3 Å². The predicted molar refractivity (Wildman–Crippen MR) is 77.7 cm³/mol. The van der Waals surface area contributed by atoms with Crippen molar-refractivity contribution in [2.75, 3.05) is 5.32 Å². The highest BCUT2D eigenvalue weighted by Crippen LogP contribution is 2.17. The summed E-state index contributed by atoms with van der Waals surface area (Å²) in [7, 11) is 0. The minimum absolute atomic E-state index is 0.800. The highest BCUT2D eigenvalue weighted by atomic mass is 32.1. The third-order valence-corrected chi connectivity index (χ3v) is 3.66. The van der Waals surface area contributed by atoms with Gasteiger partial charge in [-0.1, -0.05) is 6.07 Å². The Bertz CT molecular complexity index is 658. The number of hydrogen-bond acceptors (Lipinski definition) is 4. The number of aryl methyl sites for hydroxylation is 1. The van der Waals surface area contributed by atoms with E-state index in [0.717, 1.165) is 22.9 Å². The zero-order chi connectivity index (χ0) is 13.1. The molecule has 3 aromatic rings. The molecule has 0 unspecified atom stereocenters. The van der Waals surface area contributed by atoms with Crippen LogP contribution in [0.5, 0.6) is 0 Å². The van der Waals surface area contributed by atoms with Crippen molar-refractivity contribution in [1.29, 1.82) is 0 Å². The van der Waals surface area contributed by atoms with Crippen molar-refractivity contribution < 1.29 is 0 Å². The van der Waals surface area contributed by atoms with Crippen LogP contribution in [0.1, 0.15) is 9.88 Å². The SMILES string of the molecule is Cc1ncc(CNc2cccc(-n3cccn3)c2)s1. The first-order chi connectivity index (χ1) is 9.31. The van der Waals surface area contributed by atoms with Crippen LogP contribution in [0, 0.1) is 6.92 Å². The molecule has 0 aliphatic heterocycles. The van der Waals surface area contributed by atoms with Gasteiger partial charge < -0.3 is 5.32 Å². The molecule has 2 aromatic heterocycles. The summed E-state index contributed by atoms with van der Waals surface area (Å²) >= 11 is 1.72. The highest BCUT2D eigenvalue weighted by Gasteiger charge is 2.00. The van der Waals surface area contributed by atoms with Gasteiger partial charge >= 0.3 is 0 Å². The lowest BCUT2D eigenvalue weighted by molar-refractivity contribution is 0.880. The molecule has 1 aromatic carbocycles. The summed E-state index contributed by atoms with van der Waals surface area (Å²) in [6, 6.07) is 10.1. The summed E-state index contributed by atoms with van der Waals surface area (Å²) in [6.45, 7) is 2.82. The molecule has 0 fully saturated rings. The molecule has 0 amide bonds. The fourth-order valence-electron chi connectivity index (χ4n) is 1.86. The molecule has 0 aliphatic rings. The molecule has 3 rings (SSSR count). The van der Waals surface area contributed by atoms with Crippen molar-refractivity contribution in [2.45, 2.75) is 13.5 Å². The summed E-state index contributed by atoms with van der Waals surface area (Å²) in [5, 5.41) is 8.74. The molecule has 1 N–H and O–H groups in total. The highest BCUT2D eigenvalue weighted by molar-refractivity contribution is 7.11. The van der Waals surface area contributed by atoms with Crippen LogP contribution < -0.4 is 5.32 Å². The minimum atomic E-state index is 0.800. The Kier molecular flexibility index (Phi) is 3.29. The maximum absolute atomic E-state index is 4.25. The van der Waals surface area contributed by atoms with Gasteiger partial charge in [0.2, 0.25) is 0 Å². The summed E-state index contributed by atoms with van der Waals surface area (Å²) in [6.07, 6.45) is 5.64. The number of aromatic nitrogens is 3. The van der Waals surface area contributed by atoms with E-state index in [-0.39, 0.29) is 0 Å². The standard InChI is InChI=1S/C14H14N4S/c1-11-15-9-14(19-11)10-16-12-4-2-5-13(8-12)18-7-3-6-17-18/h2-9,16H,10H2,1H3. The Labute approximate surface area is 115 Å². The van der Waals surface area contributed by atoms with Crippen LogP contribution in [0.25, 0.3) is 5.69 Å². The normalized spacial score (nSPS) is 10.6. The van der Waals surface area contributed by atoms with E-state index in [1.54, 1.807) is 17.5 Å². The van der Waals surface area contributed by atoms with Crippen molar-refractivity contribution in [3.8, 4) is 5.69 Å². The summed E-state index contributed by atoms with van der Waals surface area (Å²) in [5.41, 5.74) is 2.13. The zero-order valence-electron chi connectivity index (χ0n) is 10.6. The van der Waals surface area contributed by atoms with Gasteiger partial charge in [-0.3, -0.25) is 0 Å². The van der Waals surface area contributed by atoms with Gasteiger partial charge in [0.1, 0.15) is 0 Å². The van der Waals surface area contributed by atoms with Crippen molar-refractivity contribution in [2.24, 2.45) is 0 Å². The van der Waals surface area contributed by atoms with E-state index in [4.69, 9.17) is 0 Å². The lowest BCUT2D eigenvalue weighted by atomic mass is 10.2. The maximum atomic E-state index is 4.25. The van der Waals surface area contributed by atoms with Crippen LogP contribution in [-0.4, -0.2) is 14.8 Å². The zero-order valence-corrected chi connectivity index (χ0v) is 11.4. The number of nitrogens with zero attached hydrogens (tertiary/aromatic N) is 3. The Balaban J connectivity index is 1.73. The number of benzene rings is 1. The fraction of sp³-hybridized carbons (Fsp3) is 0.143. The molecular weight excluding hydrogens is 256 g/mol. The minimum Gasteiger partial charge on any atom is -0.380 e. The molecule has 0 atom stereocenters. The lowest BCUT2D eigenvalue weighted by Crippen LogP contribution is -1.99. The van der Waals surface area contributed by atoms with E-state index in [2.05, 4.69) is 27.5 Å². The smallest absolute Gasteiger partial charge is 0.0897 e. The molecule has 4 nitrogen and oxygen atoms in total. The second-order valence-electron chi connectivity index (χ2n) is 4.20. The average molecular weight is 270 g/mol. The van der Waals surface area contributed by atoms with Crippen molar-refractivity contribution >= 4 is 17.0 Å². The lowest BCUT2D eigenvalue weighted by Gasteiger charge is -2.07. The molecule has 0 bridgehead atoms. The van der Waals surface area contributed by atoms with E-state index in [9.17, 15) is 0 Å². The van der Waals surface area contributed by atoms with Gasteiger partial charge in [-0.25, -0.2) is 9.67 Å². The molecule has 0 saturated carbocycles. The first kappa shape index (κ1) is 11.9. The average Bonchev–Trinajstić information content (AvgIpc) is 3.08. The van der Waals surface area contributed by atoms with Crippen molar-refractivity contribution in [3.63, 3.8) is 0 Å². The molecule has 0 aliphatic carbocycles. The Morgan fingerprint density at radius 3 is 3.00 bits per heavy atom. The van der Waals surface area contributed by atoms with Crippen LogP contribution in [-0.2, 0) is 6.54 Å². The van der Waals surface area contributed by atoms with Gasteiger partial charge in [-0.15, -0.1) is 11.3 Å². The van der Waals surface area contributed by atoms with Crippen molar-refractivity contribution in [1.82, 2.24) is 14.8 Å². The number of anilines is 1. The maximum Gasteiger partial charge on any atom is 0.0897 e. The van der Waals surface area contributed by atoms with E-state index in [0.29, 0.717) is 0 Å². The Morgan fingerprint density at radius 2 is 2.26 bits per heavy atom. The predicted octanol–water partition coefficient (Wildman–Crippen LogP) is 3.25. The number of hydrogen-bond donors (Lipinski definition) is 1. The molecule has 19 heavy (non-hydrogen) atoms. The molecule has 0 spiro atoms. The first-order valence-electron chi connectivity index (χ1n) is 6.06. The van der Waals surface area contributed by atoms with Crippen molar-refractivity contribution in [3.05, 3.63) is 58.8 Å². The molecular formula is C14H14N4S. The van der Waals surface area contributed by atoms with Gasteiger partial charge in [0.25, 0.3) is 0 Å². The molecule has 5 heteroatoms. The number of nitrogens with one attached hydrogen (secondary N) is 1. The fourth-order valence-corrected chi connectivity index (χ4v) is 2.59. The Hall–Kier alpha value is -2.14. The largest absolute Gasteiger partial charge is 0.380 e. The molecule has 96 valence electrons. The van der Waals surface area contributed by atoms with E-state index in [1.165, 1.54) is 4.88 Å². The summed E-state index contributed by atoms with van der Waals surface area (Å²) < 4.78 is 1.85.